The maximum Gasteiger partial charge on any atom is 0.187 e. The second-order valence-corrected chi connectivity index (χ2v) is 5.83. The van der Waals surface area contributed by atoms with E-state index in [1.54, 1.807) is 22.7 Å². The molecule has 6 heteroatoms. The van der Waals surface area contributed by atoms with Crippen molar-refractivity contribution >= 4 is 17.2 Å². The number of aryl methyl sites for hydroxylation is 1. The lowest BCUT2D eigenvalue weighted by Gasteiger charge is -2.02. The highest BCUT2D eigenvalue weighted by atomic mass is 19.1. The molecule has 2 aromatic heterocycles. The lowest BCUT2D eigenvalue weighted by atomic mass is 10.1. The Hall–Kier alpha value is -3.41. The molecule has 0 radical (unpaired) electrons. The van der Waals surface area contributed by atoms with Crippen LogP contribution in [0.4, 0.5) is 20.3 Å². The Kier molecular flexibility index (Phi) is 4.01. The van der Waals surface area contributed by atoms with Crippen molar-refractivity contribution in [1.29, 1.82) is 0 Å². The second kappa shape index (κ2) is 6.48. The van der Waals surface area contributed by atoms with E-state index in [-0.39, 0.29) is 11.3 Å². The van der Waals surface area contributed by atoms with E-state index < -0.39 is 11.6 Å². The molecule has 4 nitrogen and oxygen atoms in total. The van der Waals surface area contributed by atoms with Crippen LogP contribution in [0, 0.1) is 18.6 Å². The number of fused-ring (bicyclic) bond motifs is 1. The van der Waals surface area contributed by atoms with Crippen molar-refractivity contribution in [2.75, 3.05) is 0 Å². The van der Waals surface area contributed by atoms with E-state index >= 15 is 0 Å². The summed E-state index contributed by atoms with van der Waals surface area (Å²) in [6, 6.07) is 16.2. The van der Waals surface area contributed by atoms with E-state index in [1.165, 1.54) is 0 Å². The standard InChI is InChI=1S/C20H14F2N4/c1-13-6-5-11-26-19(13)23-18(16-12-14(21)9-10-17(16)22)20(26)25-24-15-7-3-2-4-8-15/h2-12H,1H3. The van der Waals surface area contributed by atoms with Gasteiger partial charge in [-0.3, -0.25) is 4.40 Å². The number of nitrogens with zero attached hydrogens (tertiary/aromatic N) is 4. The Morgan fingerprint density at radius 3 is 2.54 bits per heavy atom. The summed E-state index contributed by atoms with van der Waals surface area (Å²) in [5.74, 6) is -0.762. The summed E-state index contributed by atoms with van der Waals surface area (Å²) in [5, 5.41) is 8.50. The summed E-state index contributed by atoms with van der Waals surface area (Å²) in [6.07, 6.45) is 1.77. The minimum absolute atomic E-state index is 0.0510. The van der Waals surface area contributed by atoms with Crippen molar-refractivity contribution in [3.8, 4) is 11.3 Å². The van der Waals surface area contributed by atoms with Crippen molar-refractivity contribution in [3.63, 3.8) is 0 Å². The zero-order chi connectivity index (χ0) is 18.1. The molecule has 26 heavy (non-hydrogen) atoms. The first-order valence-corrected chi connectivity index (χ1v) is 8.03. The average molecular weight is 348 g/mol. The Labute approximate surface area is 148 Å². The molecule has 0 aliphatic rings. The molecule has 0 aliphatic carbocycles. The smallest absolute Gasteiger partial charge is 0.187 e. The molecule has 0 fully saturated rings. The molecule has 4 rings (SSSR count). The number of imidazole rings is 1. The molecule has 0 spiro atoms. The quantitative estimate of drug-likeness (QED) is 0.418. The molecule has 2 aromatic carbocycles. The average Bonchev–Trinajstić information content (AvgIpc) is 3.03. The third kappa shape index (κ3) is 2.86. The summed E-state index contributed by atoms with van der Waals surface area (Å²) >= 11 is 0. The predicted octanol–water partition coefficient (Wildman–Crippen LogP) is 6.00. The van der Waals surface area contributed by atoms with Gasteiger partial charge in [0.15, 0.2) is 5.82 Å². The van der Waals surface area contributed by atoms with Crippen LogP contribution in [0.15, 0.2) is 77.1 Å². The van der Waals surface area contributed by atoms with E-state index in [0.717, 1.165) is 23.8 Å². The molecule has 0 atom stereocenters. The lowest BCUT2D eigenvalue weighted by molar-refractivity contribution is 0.603. The van der Waals surface area contributed by atoms with Crippen LogP contribution in [0.2, 0.25) is 0 Å². The minimum Gasteiger partial charge on any atom is -0.282 e. The van der Waals surface area contributed by atoms with Gasteiger partial charge in [0.25, 0.3) is 0 Å². The molecule has 0 bridgehead atoms. The Balaban J connectivity index is 1.96. The van der Waals surface area contributed by atoms with Crippen LogP contribution < -0.4 is 0 Å². The molecule has 0 saturated heterocycles. The summed E-state index contributed by atoms with van der Waals surface area (Å²) in [4.78, 5) is 4.50. The predicted molar refractivity (Wildman–Crippen MR) is 95.9 cm³/mol. The Bertz CT molecular complexity index is 1120. The molecule has 128 valence electrons. The van der Waals surface area contributed by atoms with Gasteiger partial charge >= 0.3 is 0 Å². The second-order valence-electron chi connectivity index (χ2n) is 5.83. The Morgan fingerprint density at radius 1 is 0.923 bits per heavy atom. The molecule has 0 aliphatic heterocycles. The van der Waals surface area contributed by atoms with Crippen molar-refractivity contribution in [2.45, 2.75) is 6.92 Å². The Morgan fingerprint density at radius 2 is 1.73 bits per heavy atom. The van der Waals surface area contributed by atoms with Gasteiger partial charge < -0.3 is 0 Å². The molecule has 0 unspecified atom stereocenters. The monoisotopic (exact) mass is 348 g/mol. The fourth-order valence-corrected chi connectivity index (χ4v) is 2.75. The number of pyridine rings is 1. The van der Waals surface area contributed by atoms with E-state index in [9.17, 15) is 8.78 Å². The van der Waals surface area contributed by atoms with Gasteiger partial charge in [-0.25, -0.2) is 13.8 Å². The van der Waals surface area contributed by atoms with Crippen LogP contribution in [0.25, 0.3) is 16.9 Å². The highest BCUT2D eigenvalue weighted by molar-refractivity contribution is 5.75. The van der Waals surface area contributed by atoms with E-state index in [4.69, 9.17) is 0 Å². The molecule has 0 amide bonds. The van der Waals surface area contributed by atoms with Crippen LogP contribution >= 0.6 is 0 Å². The first-order valence-electron chi connectivity index (χ1n) is 8.03. The molecule has 2 heterocycles. The summed E-state index contributed by atoms with van der Waals surface area (Å²) in [5.41, 5.74) is 2.46. The summed E-state index contributed by atoms with van der Waals surface area (Å²) < 4.78 is 29.8. The van der Waals surface area contributed by atoms with Gasteiger partial charge in [0.1, 0.15) is 23.0 Å². The summed E-state index contributed by atoms with van der Waals surface area (Å²) in [6.45, 7) is 1.90. The fourth-order valence-electron chi connectivity index (χ4n) is 2.75. The van der Waals surface area contributed by atoms with Gasteiger partial charge in [0, 0.05) is 11.8 Å². The number of aromatic nitrogens is 2. The van der Waals surface area contributed by atoms with Crippen LogP contribution in [0.5, 0.6) is 0 Å². The summed E-state index contributed by atoms with van der Waals surface area (Å²) in [7, 11) is 0. The van der Waals surface area contributed by atoms with Gasteiger partial charge in [-0.2, -0.15) is 0 Å². The van der Waals surface area contributed by atoms with Crippen LogP contribution in [0.1, 0.15) is 5.56 Å². The van der Waals surface area contributed by atoms with Crippen molar-refractivity contribution in [3.05, 3.63) is 84.1 Å². The van der Waals surface area contributed by atoms with Gasteiger partial charge in [-0.05, 0) is 48.9 Å². The van der Waals surface area contributed by atoms with E-state index in [1.807, 2.05) is 37.3 Å². The highest BCUT2D eigenvalue weighted by Crippen LogP contribution is 2.34. The zero-order valence-corrected chi connectivity index (χ0v) is 13.9. The van der Waals surface area contributed by atoms with E-state index in [2.05, 4.69) is 15.2 Å². The maximum absolute atomic E-state index is 14.3. The molecule has 4 aromatic rings. The van der Waals surface area contributed by atoms with Crippen LogP contribution in [0.3, 0.4) is 0 Å². The SMILES string of the molecule is Cc1cccn2c(N=Nc3ccccc3)c(-c3cc(F)ccc3F)nc12. The van der Waals surface area contributed by atoms with Crippen LogP contribution in [-0.2, 0) is 0 Å². The number of halogens is 2. The third-order valence-electron chi connectivity index (χ3n) is 4.02. The fraction of sp³-hybridized carbons (Fsp3) is 0.0500. The minimum atomic E-state index is -0.566. The number of azo groups is 1. The largest absolute Gasteiger partial charge is 0.282 e. The van der Waals surface area contributed by atoms with Crippen molar-refractivity contribution in [2.24, 2.45) is 10.2 Å². The number of hydrogen-bond donors (Lipinski definition) is 0. The number of hydrogen-bond acceptors (Lipinski definition) is 3. The molecular weight excluding hydrogens is 334 g/mol. The molecule has 0 saturated carbocycles. The van der Waals surface area contributed by atoms with Gasteiger partial charge in [0.2, 0.25) is 0 Å². The maximum atomic E-state index is 14.3. The lowest BCUT2D eigenvalue weighted by Crippen LogP contribution is -1.87. The number of benzene rings is 2. The van der Waals surface area contributed by atoms with Gasteiger partial charge in [0.05, 0.1) is 5.69 Å². The van der Waals surface area contributed by atoms with Crippen LogP contribution in [-0.4, -0.2) is 9.38 Å². The third-order valence-corrected chi connectivity index (χ3v) is 4.02. The number of rotatable bonds is 3. The first kappa shape index (κ1) is 16.1. The molecular formula is C20H14F2N4. The first-order chi connectivity index (χ1) is 12.6. The zero-order valence-electron chi connectivity index (χ0n) is 13.9. The van der Waals surface area contributed by atoms with Gasteiger partial charge in [-0.15, -0.1) is 10.2 Å². The van der Waals surface area contributed by atoms with Gasteiger partial charge in [-0.1, -0.05) is 24.3 Å². The topological polar surface area (TPSA) is 42.0 Å². The highest BCUT2D eigenvalue weighted by Gasteiger charge is 2.18. The van der Waals surface area contributed by atoms with Crippen molar-refractivity contribution < 1.29 is 8.78 Å². The molecule has 0 N–H and O–H groups in total. The van der Waals surface area contributed by atoms with Crippen molar-refractivity contribution in [1.82, 2.24) is 9.38 Å². The normalized spacial score (nSPS) is 11.5. The van der Waals surface area contributed by atoms with E-state index in [0.29, 0.717) is 17.2 Å².